The molecule has 0 saturated heterocycles. The molecule has 0 saturated carbocycles. The molecule has 6 nitrogen and oxygen atoms in total. The first-order valence-corrected chi connectivity index (χ1v) is 9.49. The van der Waals surface area contributed by atoms with Crippen LogP contribution in [-0.4, -0.2) is 36.4 Å². The average molecular weight is 347 g/mol. The topological polar surface area (TPSA) is 72.3 Å². The Morgan fingerprint density at radius 3 is 2.58 bits per heavy atom. The van der Waals surface area contributed by atoms with Crippen LogP contribution >= 0.6 is 0 Å². The maximum absolute atomic E-state index is 12.8. The SMILES string of the molecule is Cc1ccc(CC(=O)N2CCS(=O)(=O)c3c2c(C)nn3C)cc1C. The standard InChI is InChI=1S/C17H21N3O3S/c1-11-5-6-14(9-12(11)2)10-15(21)20-7-8-24(22,23)17-16(20)13(3)18-19(17)4/h5-6,9H,7-8,10H2,1-4H3. The Labute approximate surface area is 142 Å². The Bertz CT molecular complexity index is 929. The predicted octanol–water partition coefficient (Wildman–Crippen LogP) is 1.71. The van der Waals surface area contributed by atoms with Crippen LogP contribution in [0.3, 0.4) is 0 Å². The number of carbonyl (C=O) groups is 1. The molecule has 0 atom stereocenters. The fourth-order valence-electron chi connectivity index (χ4n) is 3.14. The number of amides is 1. The van der Waals surface area contributed by atoms with Crippen LogP contribution in [0.15, 0.2) is 23.2 Å². The number of aromatic nitrogens is 2. The fourth-order valence-corrected chi connectivity index (χ4v) is 4.75. The number of anilines is 1. The molecule has 2 heterocycles. The summed E-state index contributed by atoms with van der Waals surface area (Å²) in [5, 5.41) is 4.34. The van der Waals surface area contributed by atoms with Gasteiger partial charge in [-0.1, -0.05) is 18.2 Å². The van der Waals surface area contributed by atoms with E-state index in [1.165, 1.54) is 10.2 Å². The second-order valence-electron chi connectivity index (χ2n) is 6.32. The first kappa shape index (κ1) is 16.7. The van der Waals surface area contributed by atoms with Gasteiger partial charge in [0, 0.05) is 13.6 Å². The number of sulfone groups is 1. The number of carbonyl (C=O) groups excluding carboxylic acids is 1. The third-order valence-corrected chi connectivity index (χ3v) is 6.28. The minimum atomic E-state index is -3.40. The summed E-state index contributed by atoms with van der Waals surface area (Å²) in [6.07, 6.45) is 0.245. The zero-order valence-corrected chi connectivity index (χ0v) is 15.1. The predicted molar refractivity (Wildman–Crippen MR) is 92.0 cm³/mol. The van der Waals surface area contributed by atoms with E-state index >= 15 is 0 Å². The lowest BCUT2D eigenvalue weighted by Gasteiger charge is -2.27. The second-order valence-corrected chi connectivity index (χ2v) is 8.35. The highest BCUT2D eigenvalue weighted by molar-refractivity contribution is 7.91. The van der Waals surface area contributed by atoms with Gasteiger partial charge in [-0.2, -0.15) is 5.10 Å². The van der Waals surface area contributed by atoms with Crippen LogP contribution in [0.25, 0.3) is 0 Å². The number of fused-ring (bicyclic) bond motifs is 1. The van der Waals surface area contributed by atoms with E-state index in [4.69, 9.17) is 0 Å². The molecule has 128 valence electrons. The summed E-state index contributed by atoms with van der Waals surface area (Å²) in [4.78, 5) is 14.4. The fraction of sp³-hybridized carbons (Fsp3) is 0.412. The van der Waals surface area contributed by atoms with Gasteiger partial charge in [-0.25, -0.2) is 8.42 Å². The largest absolute Gasteiger partial charge is 0.307 e. The second kappa shape index (κ2) is 5.73. The summed E-state index contributed by atoms with van der Waals surface area (Å²) in [5.41, 5.74) is 4.24. The smallest absolute Gasteiger partial charge is 0.231 e. The molecule has 7 heteroatoms. The molecular weight excluding hydrogens is 326 g/mol. The van der Waals surface area contributed by atoms with Crippen LogP contribution in [0.2, 0.25) is 0 Å². The van der Waals surface area contributed by atoms with Crippen LogP contribution in [0.1, 0.15) is 22.4 Å². The van der Waals surface area contributed by atoms with Gasteiger partial charge in [0.15, 0.2) is 14.9 Å². The van der Waals surface area contributed by atoms with E-state index < -0.39 is 9.84 Å². The molecule has 1 aromatic carbocycles. The van der Waals surface area contributed by atoms with Gasteiger partial charge >= 0.3 is 0 Å². The van der Waals surface area contributed by atoms with Gasteiger partial charge in [0.25, 0.3) is 0 Å². The molecule has 0 fully saturated rings. The van der Waals surface area contributed by atoms with Crippen LogP contribution in [0, 0.1) is 20.8 Å². The third kappa shape index (κ3) is 2.73. The molecule has 0 aliphatic carbocycles. The summed E-state index contributed by atoms with van der Waals surface area (Å²) >= 11 is 0. The highest BCUT2D eigenvalue weighted by atomic mass is 32.2. The number of rotatable bonds is 2. The maximum Gasteiger partial charge on any atom is 0.231 e. The zero-order valence-electron chi connectivity index (χ0n) is 14.3. The van der Waals surface area contributed by atoms with Crippen molar-refractivity contribution >= 4 is 21.4 Å². The van der Waals surface area contributed by atoms with Crippen molar-refractivity contribution in [2.75, 3.05) is 17.2 Å². The van der Waals surface area contributed by atoms with E-state index in [2.05, 4.69) is 5.10 Å². The van der Waals surface area contributed by atoms with Gasteiger partial charge in [-0.3, -0.25) is 9.48 Å². The summed E-state index contributed by atoms with van der Waals surface area (Å²) in [5.74, 6) is -0.178. The molecule has 1 aliphatic rings. The maximum atomic E-state index is 12.8. The molecule has 1 amide bonds. The highest BCUT2D eigenvalue weighted by Crippen LogP contribution is 2.33. The molecular formula is C17H21N3O3S. The van der Waals surface area contributed by atoms with Crippen molar-refractivity contribution in [1.29, 1.82) is 0 Å². The van der Waals surface area contributed by atoms with Gasteiger partial charge < -0.3 is 4.90 Å². The number of hydrogen-bond donors (Lipinski definition) is 0. The van der Waals surface area contributed by atoms with Gasteiger partial charge in [0.2, 0.25) is 5.91 Å². The van der Waals surface area contributed by atoms with E-state index in [1.54, 1.807) is 18.9 Å². The Morgan fingerprint density at radius 1 is 1.21 bits per heavy atom. The van der Waals surface area contributed by atoms with Crippen molar-refractivity contribution in [1.82, 2.24) is 9.78 Å². The van der Waals surface area contributed by atoms with Gasteiger partial charge in [0.1, 0.15) is 5.69 Å². The van der Waals surface area contributed by atoms with E-state index in [-0.39, 0.29) is 29.7 Å². The Kier molecular flexibility index (Phi) is 3.99. The van der Waals surface area contributed by atoms with Gasteiger partial charge in [-0.15, -0.1) is 0 Å². The molecule has 0 N–H and O–H groups in total. The van der Waals surface area contributed by atoms with E-state index in [0.29, 0.717) is 11.4 Å². The number of hydrogen-bond acceptors (Lipinski definition) is 4. The van der Waals surface area contributed by atoms with Crippen molar-refractivity contribution in [2.24, 2.45) is 7.05 Å². The molecule has 3 rings (SSSR count). The summed E-state index contributed by atoms with van der Waals surface area (Å²) < 4.78 is 26.0. The molecule has 0 radical (unpaired) electrons. The van der Waals surface area contributed by atoms with Crippen molar-refractivity contribution < 1.29 is 13.2 Å². The quantitative estimate of drug-likeness (QED) is 0.829. The van der Waals surface area contributed by atoms with Gasteiger partial charge in [-0.05, 0) is 37.5 Å². The average Bonchev–Trinajstić information content (AvgIpc) is 2.79. The molecule has 24 heavy (non-hydrogen) atoms. The van der Waals surface area contributed by atoms with Crippen LogP contribution in [0.4, 0.5) is 5.69 Å². The summed E-state index contributed by atoms with van der Waals surface area (Å²) in [7, 11) is -1.80. The number of benzene rings is 1. The molecule has 0 unspecified atom stereocenters. The molecule has 1 aromatic heterocycles. The van der Waals surface area contributed by atoms with Gasteiger partial charge in [0.05, 0.1) is 17.9 Å². The number of aryl methyl sites for hydroxylation is 4. The van der Waals surface area contributed by atoms with Crippen molar-refractivity contribution in [3.05, 3.63) is 40.6 Å². The molecule has 0 spiro atoms. The Hall–Kier alpha value is -2.15. The van der Waals surface area contributed by atoms with Crippen molar-refractivity contribution in [3.63, 3.8) is 0 Å². The first-order valence-electron chi connectivity index (χ1n) is 7.83. The molecule has 0 bridgehead atoms. The molecule has 2 aromatic rings. The number of nitrogens with zero attached hydrogens (tertiary/aromatic N) is 3. The zero-order chi connectivity index (χ0) is 17.6. The van der Waals surface area contributed by atoms with E-state index in [0.717, 1.165) is 11.1 Å². The first-order chi connectivity index (χ1) is 11.2. The van der Waals surface area contributed by atoms with E-state index in [9.17, 15) is 13.2 Å². The van der Waals surface area contributed by atoms with Crippen molar-refractivity contribution in [3.8, 4) is 0 Å². The summed E-state index contributed by atoms with van der Waals surface area (Å²) in [6, 6.07) is 5.95. The Morgan fingerprint density at radius 2 is 1.92 bits per heavy atom. The Balaban J connectivity index is 1.95. The molecule has 1 aliphatic heterocycles. The summed E-state index contributed by atoms with van der Waals surface area (Å²) in [6.45, 7) is 5.95. The van der Waals surface area contributed by atoms with Crippen LogP contribution in [0.5, 0.6) is 0 Å². The van der Waals surface area contributed by atoms with Crippen molar-refractivity contribution in [2.45, 2.75) is 32.2 Å². The lowest BCUT2D eigenvalue weighted by molar-refractivity contribution is -0.118. The minimum absolute atomic E-state index is 0.0718. The monoisotopic (exact) mass is 347 g/mol. The van der Waals surface area contributed by atoms with Crippen LogP contribution < -0.4 is 4.90 Å². The minimum Gasteiger partial charge on any atom is -0.307 e. The van der Waals surface area contributed by atoms with Crippen LogP contribution in [-0.2, 0) is 28.1 Å². The highest BCUT2D eigenvalue weighted by Gasteiger charge is 2.36. The van der Waals surface area contributed by atoms with E-state index in [1.807, 2.05) is 32.0 Å². The third-order valence-electron chi connectivity index (χ3n) is 4.52. The lowest BCUT2D eigenvalue weighted by Crippen LogP contribution is -2.41. The normalized spacial score (nSPS) is 16.1. The lowest BCUT2D eigenvalue weighted by atomic mass is 10.0.